The van der Waals surface area contributed by atoms with Crippen molar-refractivity contribution in [2.24, 2.45) is 0 Å². The van der Waals surface area contributed by atoms with Crippen LogP contribution in [-0.4, -0.2) is 36.3 Å². The number of hydrogen-bond acceptors (Lipinski definition) is 6. The van der Waals surface area contributed by atoms with E-state index in [1.807, 2.05) is 6.92 Å². The van der Waals surface area contributed by atoms with Crippen LogP contribution in [-0.2, 0) is 14.4 Å². The fourth-order valence-electron chi connectivity index (χ4n) is 2.64. The highest BCUT2D eigenvalue weighted by molar-refractivity contribution is 6.00. The second-order valence-corrected chi connectivity index (χ2v) is 6.77. The number of rotatable bonds is 8. The van der Waals surface area contributed by atoms with Gasteiger partial charge in [-0.3, -0.25) is 30.0 Å². The van der Waals surface area contributed by atoms with Crippen molar-refractivity contribution < 1.29 is 28.7 Å². The first-order valence-electron chi connectivity index (χ1n) is 9.88. The largest absolute Gasteiger partial charge is 0.494 e. The molecule has 0 bridgehead atoms. The molecule has 0 fully saturated rings. The normalized spacial score (nSPS) is 11.0. The van der Waals surface area contributed by atoms with Crippen LogP contribution in [0, 0.1) is 0 Å². The summed E-state index contributed by atoms with van der Waals surface area (Å²) < 4.78 is 10.9. The Kier molecular flexibility index (Phi) is 8.58. The van der Waals surface area contributed by atoms with Gasteiger partial charge in [0.2, 0.25) is 11.8 Å². The lowest BCUT2D eigenvalue weighted by Gasteiger charge is -2.16. The van der Waals surface area contributed by atoms with Crippen LogP contribution in [0.15, 0.2) is 42.5 Å². The Hall–Kier alpha value is -4.08. The molecule has 32 heavy (non-hydrogen) atoms. The van der Waals surface area contributed by atoms with E-state index in [1.54, 1.807) is 24.3 Å². The van der Waals surface area contributed by atoms with E-state index in [9.17, 15) is 19.2 Å². The third kappa shape index (κ3) is 7.63. The van der Waals surface area contributed by atoms with Crippen molar-refractivity contribution in [2.75, 3.05) is 17.2 Å². The fourth-order valence-corrected chi connectivity index (χ4v) is 2.64. The highest BCUT2D eigenvalue weighted by atomic mass is 16.5. The van der Waals surface area contributed by atoms with E-state index in [0.29, 0.717) is 29.5 Å². The van der Waals surface area contributed by atoms with Gasteiger partial charge in [0, 0.05) is 30.8 Å². The third-order valence-corrected chi connectivity index (χ3v) is 3.95. The van der Waals surface area contributed by atoms with Crippen LogP contribution in [0.25, 0.3) is 0 Å². The number of ether oxygens (including phenoxy) is 2. The molecule has 10 heteroatoms. The van der Waals surface area contributed by atoms with Gasteiger partial charge in [0.25, 0.3) is 11.8 Å². The van der Waals surface area contributed by atoms with E-state index in [1.165, 1.54) is 39.0 Å². The molecule has 2 aromatic rings. The maximum atomic E-state index is 12.5. The number of amides is 4. The molecule has 0 heterocycles. The molecule has 0 aliphatic carbocycles. The van der Waals surface area contributed by atoms with Crippen LogP contribution in [0.1, 0.15) is 38.1 Å². The second kappa shape index (κ2) is 11.3. The summed E-state index contributed by atoms with van der Waals surface area (Å²) in [4.78, 5) is 47.5. The summed E-state index contributed by atoms with van der Waals surface area (Å²) in [5.74, 6) is -0.762. The summed E-state index contributed by atoms with van der Waals surface area (Å²) in [6.45, 7) is 6.58. The van der Waals surface area contributed by atoms with E-state index in [-0.39, 0.29) is 17.4 Å². The molecule has 0 saturated carbocycles. The lowest BCUT2D eigenvalue weighted by atomic mass is 10.1. The summed E-state index contributed by atoms with van der Waals surface area (Å²) in [7, 11) is 0. The van der Waals surface area contributed by atoms with Crippen molar-refractivity contribution >= 4 is 35.0 Å². The molecule has 1 unspecified atom stereocenters. The van der Waals surface area contributed by atoms with Crippen molar-refractivity contribution in [1.29, 1.82) is 0 Å². The summed E-state index contributed by atoms with van der Waals surface area (Å²) in [6, 6.07) is 11.1. The van der Waals surface area contributed by atoms with E-state index < -0.39 is 17.9 Å². The standard InChI is InChI=1S/C22H26N4O6/c1-5-31-19-6-8-20(9-7-19)32-13(2)21(29)25-26-22(30)16-10-17(23-14(3)27)12-18(11-16)24-15(4)28/h6-13H,5H2,1-4H3,(H,23,27)(H,24,28)(H,25,29)(H,26,30). The van der Waals surface area contributed by atoms with Gasteiger partial charge >= 0.3 is 0 Å². The molecule has 1 atom stereocenters. The Bertz CT molecular complexity index is 956. The van der Waals surface area contributed by atoms with Gasteiger partial charge in [-0.05, 0) is 56.3 Å². The number of hydrazine groups is 1. The predicted octanol–water partition coefficient (Wildman–Crippen LogP) is 2.23. The van der Waals surface area contributed by atoms with Crippen LogP contribution in [0.3, 0.4) is 0 Å². The average Bonchev–Trinajstić information content (AvgIpc) is 2.72. The number of carbonyl (C=O) groups is 4. The van der Waals surface area contributed by atoms with Crippen molar-refractivity contribution in [3.8, 4) is 11.5 Å². The zero-order valence-electron chi connectivity index (χ0n) is 18.3. The van der Waals surface area contributed by atoms with Crippen molar-refractivity contribution in [3.05, 3.63) is 48.0 Å². The molecule has 0 spiro atoms. The van der Waals surface area contributed by atoms with Crippen LogP contribution in [0.5, 0.6) is 11.5 Å². The molecular weight excluding hydrogens is 416 g/mol. The number of nitrogens with one attached hydrogen (secondary N) is 4. The van der Waals surface area contributed by atoms with Crippen LogP contribution in [0.2, 0.25) is 0 Å². The minimum Gasteiger partial charge on any atom is -0.494 e. The average molecular weight is 442 g/mol. The Morgan fingerprint density at radius 1 is 0.844 bits per heavy atom. The lowest BCUT2D eigenvalue weighted by molar-refractivity contribution is -0.128. The van der Waals surface area contributed by atoms with E-state index in [2.05, 4.69) is 21.5 Å². The molecule has 0 aromatic heterocycles. The predicted molar refractivity (Wildman–Crippen MR) is 118 cm³/mol. The summed E-state index contributed by atoms with van der Waals surface area (Å²) >= 11 is 0. The molecule has 0 radical (unpaired) electrons. The Balaban J connectivity index is 1.99. The van der Waals surface area contributed by atoms with Gasteiger partial charge in [0.1, 0.15) is 11.5 Å². The van der Waals surface area contributed by atoms with Gasteiger partial charge in [-0.25, -0.2) is 0 Å². The van der Waals surface area contributed by atoms with Crippen molar-refractivity contribution in [1.82, 2.24) is 10.9 Å². The van der Waals surface area contributed by atoms with Crippen LogP contribution < -0.4 is 31.0 Å². The molecule has 170 valence electrons. The Morgan fingerprint density at radius 3 is 1.88 bits per heavy atom. The maximum absolute atomic E-state index is 12.5. The summed E-state index contributed by atoms with van der Waals surface area (Å²) in [6.07, 6.45) is -0.895. The number of carbonyl (C=O) groups excluding carboxylic acids is 4. The molecule has 4 N–H and O–H groups in total. The van der Waals surface area contributed by atoms with E-state index in [4.69, 9.17) is 9.47 Å². The minimum absolute atomic E-state index is 0.111. The SMILES string of the molecule is CCOc1ccc(OC(C)C(=O)NNC(=O)c2cc(NC(C)=O)cc(NC(C)=O)c2)cc1. The maximum Gasteiger partial charge on any atom is 0.279 e. The topological polar surface area (TPSA) is 135 Å². The van der Waals surface area contributed by atoms with Gasteiger partial charge in [0.05, 0.1) is 6.61 Å². The van der Waals surface area contributed by atoms with Gasteiger partial charge in [-0.15, -0.1) is 0 Å². The van der Waals surface area contributed by atoms with Gasteiger partial charge in [-0.2, -0.15) is 0 Å². The van der Waals surface area contributed by atoms with Gasteiger partial charge in [0.15, 0.2) is 6.10 Å². The summed E-state index contributed by atoms with van der Waals surface area (Å²) in [5, 5.41) is 5.10. The quantitative estimate of drug-likeness (QED) is 0.463. The molecule has 2 rings (SSSR count). The first-order valence-corrected chi connectivity index (χ1v) is 9.88. The summed E-state index contributed by atoms with van der Waals surface area (Å²) in [5.41, 5.74) is 5.32. The molecule has 0 aliphatic heterocycles. The van der Waals surface area contributed by atoms with Crippen LogP contribution >= 0.6 is 0 Å². The third-order valence-electron chi connectivity index (χ3n) is 3.95. The van der Waals surface area contributed by atoms with Gasteiger partial charge < -0.3 is 20.1 Å². The minimum atomic E-state index is -0.895. The zero-order chi connectivity index (χ0) is 23.7. The zero-order valence-corrected chi connectivity index (χ0v) is 18.3. The van der Waals surface area contributed by atoms with Crippen LogP contribution in [0.4, 0.5) is 11.4 Å². The van der Waals surface area contributed by atoms with Crippen molar-refractivity contribution in [3.63, 3.8) is 0 Å². The molecule has 0 aliphatic rings. The molecule has 10 nitrogen and oxygen atoms in total. The van der Waals surface area contributed by atoms with E-state index in [0.717, 1.165) is 0 Å². The first-order chi connectivity index (χ1) is 15.2. The highest BCUT2D eigenvalue weighted by Crippen LogP contribution is 2.20. The molecule has 0 saturated heterocycles. The lowest BCUT2D eigenvalue weighted by Crippen LogP contribution is -2.47. The monoisotopic (exact) mass is 442 g/mol. The number of benzene rings is 2. The van der Waals surface area contributed by atoms with Crippen molar-refractivity contribution in [2.45, 2.75) is 33.8 Å². The highest BCUT2D eigenvalue weighted by Gasteiger charge is 2.17. The fraction of sp³-hybridized carbons (Fsp3) is 0.273. The number of hydrogen-bond donors (Lipinski definition) is 4. The molecule has 4 amide bonds. The Labute approximate surface area is 185 Å². The van der Waals surface area contributed by atoms with E-state index >= 15 is 0 Å². The Morgan fingerprint density at radius 2 is 1.38 bits per heavy atom. The van der Waals surface area contributed by atoms with Gasteiger partial charge in [-0.1, -0.05) is 0 Å². The number of anilines is 2. The first kappa shape index (κ1) is 24.2. The smallest absolute Gasteiger partial charge is 0.279 e. The second-order valence-electron chi connectivity index (χ2n) is 6.77. The molecule has 2 aromatic carbocycles. The molecular formula is C22H26N4O6.